The van der Waals surface area contributed by atoms with E-state index in [1.54, 1.807) is 7.11 Å². The molecule has 0 atom stereocenters. The molecule has 2 aliphatic rings. The average Bonchev–Trinajstić information content (AvgIpc) is 2.98. The molecular weight excluding hydrogens is 270 g/mol. The lowest BCUT2D eigenvalue weighted by Crippen LogP contribution is -2.44. The van der Waals surface area contributed by atoms with Crippen LogP contribution in [0.25, 0.3) is 5.65 Å². The predicted octanol–water partition coefficient (Wildman–Crippen LogP) is 1.40. The molecule has 1 spiro atoms. The van der Waals surface area contributed by atoms with Gasteiger partial charge in [0, 0.05) is 42.5 Å². The maximum atomic E-state index is 12.4. The van der Waals surface area contributed by atoms with Gasteiger partial charge in [0.05, 0.1) is 20.3 Å². The van der Waals surface area contributed by atoms with Crippen LogP contribution in [0.3, 0.4) is 0 Å². The van der Waals surface area contributed by atoms with Crippen LogP contribution in [0.2, 0.25) is 0 Å². The van der Waals surface area contributed by atoms with Crippen molar-refractivity contribution in [3.8, 4) is 5.75 Å². The highest BCUT2D eigenvalue weighted by Gasteiger charge is 2.49. The number of anilines is 1. The zero-order valence-corrected chi connectivity index (χ0v) is 12.1. The smallest absolute Gasteiger partial charge is 0.227 e. The molecule has 0 aromatic carbocycles. The number of nitrogens with zero attached hydrogens (tertiary/aromatic N) is 3. The van der Waals surface area contributed by atoms with Crippen LogP contribution >= 0.6 is 0 Å². The number of pyridine rings is 1. The first-order valence-electron chi connectivity index (χ1n) is 7.02. The van der Waals surface area contributed by atoms with E-state index < -0.39 is 0 Å². The fraction of sp³-hybridized carbons (Fsp3) is 0.467. The third-order valence-corrected chi connectivity index (χ3v) is 4.42. The van der Waals surface area contributed by atoms with Crippen LogP contribution < -0.4 is 9.64 Å². The minimum atomic E-state index is 0.00103. The highest BCUT2D eigenvalue weighted by atomic mass is 16.5. The Balaban J connectivity index is 1.81. The zero-order chi connectivity index (χ0) is 14.6. The Bertz CT molecular complexity index is 733. The van der Waals surface area contributed by atoms with Crippen LogP contribution in [0.4, 0.5) is 5.69 Å². The van der Waals surface area contributed by atoms with Gasteiger partial charge in [0.15, 0.2) is 0 Å². The van der Waals surface area contributed by atoms with Crippen LogP contribution in [0.5, 0.6) is 5.75 Å². The van der Waals surface area contributed by atoms with Crippen LogP contribution in [-0.4, -0.2) is 42.2 Å². The fourth-order valence-corrected chi connectivity index (χ4v) is 3.18. The number of imidazole rings is 1. The van der Waals surface area contributed by atoms with E-state index in [2.05, 4.69) is 4.98 Å². The van der Waals surface area contributed by atoms with Gasteiger partial charge in [-0.3, -0.25) is 4.79 Å². The molecule has 4 rings (SSSR count). The van der Waals surface area contributed by atoms with Crippen molar-refractivity contribution in [2.24, 2.45) is 5.41 Å². The average molecular weight is 287 g/mol. The predicted molar refractivity (Wildman–Crippen MR) is 76.7 cm³/mol. The molecule has 1 amide bonds. The molecule has 6 heteroatoms. The number of methoxy groups -OCH3 is 1. The van der Waals surface area contributed by atoms with Crippen molar-refractivity contribution in [1.29, 1.82) is 0 Å². The standard InChI is InChI=1S/C15H17N3O3/c1-10-5-16-13-3-12(20-2)11(6-17(10)13)18-7-15(4-14(18)19)8-21-9-15/h3,5-6H,4,7-9H2,1-2H3. The van der Waals surface area contributed by atoms with Crippen LogP contribution in [-0.2, 0) is 9.53 Å². The maximum Gasteiger partial charge on any atom is 0.227 e. The Hall–Kier alpha value is -2.08. The lowest BCUT2D eigenvalue weighted by atomic mass is 9.85. The summed E-state index contributed by atoms with van der Waals surface area (Å²) in [6.07, 6.45) is 4.30. The molecule has 2 saturated heterocycles. The molecule has 0 radical (unpaired) electrons. The van der Waals surface area contributed by atoms with Crippen LogP contribution in [0.15, 0.2) is 18.5 Å². The highest BCUT2D eigenvalue weighted by Crippen LogP contribution is 2.42. The molecule has 2 aromatic rings. The first-order chi connectivity index (χ1) is 10.1. The molecule has 6 nitrogen and oxygen atoms in total. The molecule has 2 aromatic heterocycles. The lowest BCUT2D eigenvalue weighted by Gasteiger charge is -2.37. The first kappa shape index (κ1) is 12.6. The first-order valence-corrected chi connectivity index (χ1v) is 7.02. The molecule has 0 bridgehead atoms. The lowest BCUT2D eigenvalue weighted by molar-refractivity contribution is -0.126. The van der Waals surface area contributed by atoms with E-state index in [1.807, 2.05) is 34.7 Å². The van der Waals surface area contributed by atoms with Crippen molar-refractivity contribution >= 4 is 17.2 Å². The quantitative estimate of drug-likeness (QED) is 0.838. The molecule has 0 aliphatic carbocycles. The summed E-state index contributed by atoms with van der Waals surface area (Å²) >= 11 is 0. The number of carbonyl (C=O) groups is 1. The third-order valence-electron chi connectivity index (χ3n) is 4.42. The molecule has 4 heterocycles. The fourth-order valence-electron chi connectivity index (χ4n) is 3.18. The summed E-state index contributed by atoms with van der Waals surface area (Å²) in [7, 11) is 1.62. The molecular formula is C15H17N3O3. The van der Waals surface area contributed by atoms with Gasteiger partial charge in [-0.2, -0.15) is 0 Å². The van der Waals surface area contributed by atoms with Gasteiger partial charge in [-0.1, -0.05) is 0 Å². The van der Waals surface area contributed by atoms with Crippen molar-refractivity contribution in [3.63, 3.8) is 0 Å². The van der Waals surface area contributed by atoms with Gasteiger partial charge in [0.25, 0.3) is 0 Å². The normalized spacial score (nSPS) is 20.3. The SMILES string of the molecule is COc1cc2ncc(C)n2cc1N1CC2(COC2)CC1=O. The van der Waals surface area contributed by atoms with E-state index in [0.717, 1.165) is 17.0 Å². The van der Waals surface area contributed by atoms with Gasteiger partial charge < -0.3 is 18.8 Å². The number of fused-ring (bicyclic) bond motifs is 1. The van der Waals surface area contributed by atoms with Gasteiger partial charge in [-0.05, 0) is 6.92 Å². The number of amides is 1. The van der Waals surface area contributed by atoms with Crippen molar-refractivity contribution < 1.29 is 14.3 Å². The molecule has 110 valence electrons. The van der Waals surface area contributed by atoms with E-state index in [9.17, 15) is 4.79 Å². The second-order valence-corrected chi connectivity index (χ2v) is 6.00. The van der Waals surface area contributed by atoms with Gasteiger partial charge in [-0.25, -0.2) is 4.98 Å². The number of hydrogen-bond acceptors (Lipinski definition) is 4. The second kappa shape index (κ2) is 4.21. The summed E-state index contributed by atoms with van der Waals surface area (Å²) in [5.74, 6) is 0.812. The number of aryl methyl sites for hydroxylation is 1. The number of aromatic nitrogens is 2. The van der Waals surface area contributed by atoms with Crippen molar-refractivity contribution in [2.75, 3.05) is 31.8 Å². The van der Waals surface area contributed by atoms with E-state index in [0.29, 0.717) is 31.9 Å². The second-order valence-electron chi connectivity index (χ2n) is 6.00. The summed E-state index contributed by atoms with van der Waals surface area (Å²) in [5, 5.41) is 0. The van der Waals surface area contributed by atoms with Crippen molar-refractivity contribution in [3.05, 3.63) is 24.2 Å². The van der Waals surface area contributed by atoms with Gasteiger partial charge in [0.1, 0.15) is 17.1 Å². The molecule has 0 N–H and O–H groups in total. The Labute approximate surface area is 122 Å². The molecule has 2 fully saturated rings. The molecule has 0 saturated carbocycles. The number of rotatable bonds is 2. The van der Waals surface area contributed by atoms with E-state index in [-0.39, 0.29) is 11.3 Å². The molecule has 2 aliphatic heterocycles. The van der Waals surface area contributed by atoms with E-state index in [4.69, 9.17) is 9.47 Å². The Kier molecular flexibility index (Phi) is 2.53. The molecule has 0 unspecified atom stereocenters. The largest absolute Gasteiger partial charge is 0.494 e. The topological polar surface area (TPSA) is 56.1 Å². The number of carbonyl (C=O) groups excluding carboxylic acids is 1. The summed E-state index contributed by atoms with van der Waals surface area (Å²) in [4.78, 5) is 18.5. The van der Waals surface area contributed by atoms with Crippen molar-refractivity contribution in [1.82, 2.24) is 9.38 Å². The molecule has 21 heavy (non-hydrogen) atoms. The van der Waals surface area contributed by atoms with Gasteiger partial charge >= 0.3 is 0 Å². The highest BCUT2D eigenvalue weighted by molar-refractivity contribution is 5.98. The summed E-state index contributed by atoms with van der Waals surface area (Å²) in [6.45, 7) is 4.03. The monoisotopic (exact) mass is 287 g/mol. The van der Waals surface area contributed by atoms with Crippen LogP contribution in [0.1, 0.15) is 12.1 Å². The zero-order valence-electron chi connectivity index (χ0n) is 12.1. The minimum absolute atomic E-state index is 0.00103. The van der Waals surface area contributed by atoms with Crippen LogP contribution in [0, 0.1) is 12.3 Å². The van der Waals surface area contributed by atoms with E-state index >= 15 is 0 Å². The van der Waals surface area contributed by atoms with Gasteiger partial charge in [-0.15, -0.1) is 0 Å². The minimum Gasteiger partial charge on any atom is -0.494 e. The maximum absolute atomic E-state index is 12.4. The van der Waals surface area contributed by atoms with E-state index in [1.165, 1.54) is 0 Å². The third kappa shape index (κ3) is 1.75. The Morgan fingerprint density at radius 2 is 2.24 bits per heavy atom. The summed E-state index contributed by atoms with van der Waals surface area (Å²) in [6, 6.07) is 1.87. The number of ether oxygens (including phenoxy) is 2. The Morgan fingerprint density at radius 3 is 2.86 bits per heavy atom. The number of hydrogen-bond donors (Lipinski definition) is 0. The Morgan fingerprint density at radius 1 is 1.43 bits per heavy atom. The summed E-state index contributed by atoms with van der Waals surface area (Å²) < 4.78 is 12.7. The summed E-state index contributed by atoms with van der Waals surface area (Å²) in [5.41, 5.74) is 2.66. The van der Waals surface area contributed by atoms with Gasteiger partial charge in [0.2, 0.25) is 5.91 Å². The van der Waals surface area contributed by atoms with Crippen molar-refractivity contribution in [2.45, 2.75) is 13.3 Å².